The highest BCUT2D eigenvalue weighted by molar-refractivity contribution is 5.47. The lowest BCUT2D eigenvalue weighted by molar-refractivity contribution is 0.192. The van der Waals surface area contributed by atoms with Crippen molar-refractivity contribution in [2.75, 3.05) is 37.4 Å². The quantitative estimate of drug-likeness (QED) is 0.903. The number of rotatable bonds is 5. The first kappa shape index (κ1) is 15.7. The zero-order chi connectivity index (χ0) is 16.2. The van der Waals surface area contributed by atoms with Crippen LogP contribution in [0, 0.1) is 6.92 Å². The first-order chi connectivity index (χ1) is 11.1. The summed E-state index contributed by atoms with van der Waals surface area (Å²) in [6.07, 6.45) is 5.56. The normalized spacial score (nSPS) is 16.5. The Kier molecular flexibility index (Phi) is 4.76. The highest BCUT2D eigenvalue weighted by Gasteiger charge is 2.20. The summed E-state index contributed by atoms with van der Waals surface area (Å²) in [5.74, 6) is 3.49. The summed E-state index contributed by atoms with van der Waals surface area (Å²) in [5, 5.41) is 3.52. The van der Waals surface area contributed by atoms with Gasteiger partial charge in [-0.25, -0.2) is 15.0 Å². The number of oxazole rings is 1. The molecule has 7 heteroatoms. The summed E-state index contributed by atoms with van der Waals surface area (Å²) in [7, 11) is 3.96. The van der Waals surface area contributed by atoms with Crippen LogP contribution >= 0.6 is 0 Å². The van der Waals surface area contributed by atoms with Crippen molar-refractivity contribution in [2.45, 2.75) is 32.4 Å². The van der Waals surface area contributed by atoms with Gasteiger partial charge in [0.15, 0.2) is 0 Å². The Morgan fingerprint density at radius 2 is 2.04 bits per heavy atom. The van der Waals surface area contributed by atoms with Gasteiger partial charge in [-0.3, -0.25) is 4.90 Å². The average molecular weight is 316 g/mol. The number of anilines is 2. The van der Waals surface area contributed by atoms with Gasteiger partial charge in [0.2, 0.25) is 5.89 Å². The number of hydrogen-bond donors (Lipinski definition) is 1. The monoisotopic (exact) mass is 316 g/mol. The SMILES string of the molecule is Cc1cnc(CN2CCC(Nc3cc(N(C)C)ncn3)CC2)o1. The van der Waals surface area contributed by atoms with Gasteiger partial charge in [0, 0.05) is 39.3 Å². The Morgan fingerprint density at radius 1 is 1.26 bits per heavy atom. The molecule has 1 fully saturated rings. The minimum Gasteiger partial charge on any atom is -0.445 e. The molecule has 2 aromatic heterocycles. The molecular formula is C16H24N6O. The van der Waals surface area contributed by atoms with Crippen LogP contribution in [0.3, 0.4) is 0 Å². The van der Waals surface area contributed by atoms with Crippen LogP contribution in [0.1, 0.15) is 24.5 Å². The molecule has 0 atom stereocenters. The van der Waals surface area contributed by atoms with Gasteiger partial charge in [-0.1, -0.05) is 0 Å². The van der Waals surface area contributed by atoms with Crippen molar-refractivity contribution in [1.82, 2.24) is 19.9 Å². The highest BCUT2D eigenvalue weighted by Crippen LogP contribution is 2.18. The van der Waals surface area contributed by atoms with Gasteiger partial charge >= 0.3 is 0 Å². The van der Waals surface area contributed by atoms with Crippen molar-refractivity contribution in [3.8, 4) is 0 Å². The summed E-state index contributed by atoms with van der Waals surface area (Å²) < 4.78 is 5.55. The molecule has 3 heterocycles. The fourth-order valence-electron chi connectivity index (χ4n) is 2.78. The minimum atomic E-state index is 0.447. The molecule has 0 bridgehead atoms. The van der Waals surface area contributed by atoms with E-state index in [2.05, 4.69) is 25.2 Å². The minimum absolute atomic E-state index is 0.447. The molecule has 0 unspecified atom stereocenters. The van der Waals surface area contributed by atoms with E-state index in [1.165, 1.54) is 0 Å². The van der Waals surface area contributed by atoms with E-state index in [4.69, 9.17) is 4.42 Å². The Bertz CT molecular complexity index is 633. The molecule has 1 aliphatic heterocycles. The molecule has 1 N–H and O–H groups in total. The van der Waals surface area contributed by atoms with Crippen LogP contribution < -0.4 is 10.2 Å². The predicted octanol–water partition coefficient (Wildman–Crippen LogP) is 1.92. The van der Waals surface area contributed by atoms with Crippen LogP contribution in [0.25, 0.3) is 0 Å². The fraction of sp³-hybridized carbons (Fsp3) is 0.562. The van der Waals surface area contributed by atoms with Gasteiger partial charge in [0.05, 0.1) is 12.7 Å². The van der Waals surface area contributed by atoms with E-state index < -0.39 is 0 Å². The highest BCUT2D eigenvalue weighted by atomic mass is 16.4. The maximum Gasteiger partial charge on any atom is 0.208 e. The second kappa shape index (κ2) is 6.95. The third-order valence-electron chi connectivity index (χ3n) is 4.08. The van der Waals surface area contributed by atoms with Crippen LogP contribution in [-0.2, 0) is 6.54 Å². The molecule has 1 saturated heterocycles. The van der Waals surface area contributed by atoms with Crippen molar-refractivity contribution in [1.29, 1.82) is 0 Å². The Hall–Kier alpha value is -2.15. The van der Waals surface area contributed by atoms with Crippen LogP contribution in [-0.4, -0.2) is 53.1 Å². The van der Waals surface area contributed by atoms with Crippen LogP contribution in [0.15, 0.2) is 23.0 Å². The molecule has 1 aliphatic rings. The predicted molar refractivity (Wildman–Crippen MR) is 89.5 cm³/mol. The topological polar surface area (TPSA) is 70.3 Å². The molecule has 2 aromatic rings. The molecule has 0 saturated carbocycles. The third kappa shape index (κ3) is 4.19. The van der Waals surface area contributed by atoms with Gasteiger partial charge in [0.25, 0.3) is 0 Å². The van der Waals surface area contributed by atoms with Gasteiger partial charge in [0.1, 0.15) is 23.7 Å². The molecule has 0 spiro atoms. The number of nitrogens with zero attached hydrogens (tertiary/aromatic N) is 5. The van der Waals surface area contributed by atoms with E-state index in [0.29, 0.717) is 6.04 Å². The number of likely N-dealkylation sites (tertiary alicyclic amines) is 1. The number of hydrogen-bond acceptors (Lipinski definition) is 7. The van der Waals surface area contributed by atoms with Crippen molar-refractivity contribution in [3.63, 3.8) is 0 Å². The molecule has 0 amide bonds. The van der Waals surface area contributed by atoms with E-state index in [0.717, 1.165) is 55.8 Å². The molecule has 7 nitrogen and oxygen atoms in total. The van der Waals surface area contributed by atoms with E-state index in [-0.39, 0.29) is 0 Å². The first-order valence-electron chi connectivity index (χ1n) is 8.00. The number of aryl methyl sites for hydroxylation is 1. The zero-order valence-electron chi connectivity index (χ0n) is 14.0. The van der Waals surface area contributed by atoms with Crippen LogP contribution in [0.4, 0.5) is 11.6 Å². The summed E-state index contributed by atoms with van der Waals surface area (Å²) >= 11 is 0. The molecule has 0 aliphatic carbocycles. The summed E-state index contributed by atoms with van der Waals surface area (Å²) in [4.78, 5) is 17.2. The van der Waals surface area contributed by atoms with E-state index in [1.54, 1.807) is 12.5 Å². The van der Waals surface area contributed by atoms with Crippen molar-refractivity contribution in [2.24, 2.45) is 0 Å². The molecule has 3 rings (SSSR count). The number of piperidine rings is 1. The standard InChI is InChI=1S/C16H24N6O/c1-12-9-17-16(23-12)10-22-6-4-13(5-7-22)20-14-8-15(21(2)3)19-11-18-14/h8-9,11,13H,4-7,10H2,1-3H3,(H,18,19,20). The Balaban J connectivity index is 1.50. The third-order valence-corrected chi connectivity index (χ3v) is 4.08. The van der Waals surface area contributed by atoms with Crippen LogP contribution in [0.2, 0.25) is 0 Å². The average Bonchev–Trinajstić information content (AvgIpc) is 2.94. The zero-order valence-corrected chi connectivity index (χ0v) is 14.0. The second-order valence-corrected chi connectivity index (χ2v) is 6.22. The van der Waals surface area contributed by atoms with Crippen molar-refractivity contribution in [3.05, 3.63) is 30.2 Å². The van der Waals surface area contributed by atoms with Gasteiger partial charge in [-0.15, -0.1) is 0 Å². The maximum atomic E-state index is 5.55. The maximum absolute atomic E-state index is 5.55. The van der Waals surface area contributed by atoms with Gasteiger partial charge in [-0.05, 0) is 19.8 Å². The summed E-state index contributed by atoms with van der Waals surface area (Å²) in [6.45, 7) is 4.78. The molecule has 124 valence electrons. The Morgan fingerprint density at radius 3 is 2.70 bits per heavy atom. The van der Waals surface area contributed by atoms with Crippen molar-refractivity contribution >= 4 is 11.6 Å². The molecular weight excluding hydrogens is 292 g/mol. The Labute approximate surface area is 136 Å². The lowest BCUT2D eigenvalue weighted by Gasteiger charge is -2.31. The molecule has 0 radical (unpaired) electrons. The van der Waals surface area contributed by atoms with Gasteiger partial charge < -0.3 is 14.6 Å². The number of aromatic nitrogens is 3. The lowest BCUT2D eigenvalue weighted by Crippen LogP contribution is -2.38. The lowest BCUT2D eigenvalue weighted by atomic mass is 10.1. The largest absolute Gasteiger partial charge is 0.445 e. The molecule has 0 aromatic carbocycles. The molecule has 23 heavy (non-hydrogen) atoms. The van der Waals surface area contributed by atoms with E-state index in [9.17, 15) is 0 Å². The fourth-order valence-corrected chi connectivity index (χ4v) is 2.78. The summed E-state index contributed by atoms with van der Waals surface area (Å²) in [5.41, 5.74) is 0. The van der Waals surface area contributed by atoms with E-state index >= 15 is 0 Å². The second-order valence-electron chi connectivity index (χ2n) is 6.22. The number of nitrogens with one attached hydrogen (secondary N) is 1. The van der Waals surface area contributed by atoms with E-state index in [1.807, 2.05) is 32.0 Å². The first-order valence-corrected chi connectivity index (χ1v) is 8.00. The van der Waals surface area contributed by atoms with Crippen molar-refractivity contribution < 1.29 is 4.42 Å². The van der Waals surface area contributed by atoms with Gasteiger partial charge in [-0.2, -0.15) is 0 Å². The smallest absolute Gasteiger partial charge is 0.208 e. The van der Waals surface area contributed by atoms with Crippen LogP contribution in [0.5, 0.6) is 0 Å². The summed E-state index contributed by atoms with van der Waals surface area (Å²) in [6, 6.07) is 2.43.